The van der Waals surface area contributed by atoms with Crippen LogP contribution in [0.4, 0.5) is 0 Å². The van der Waals surface area contributed by atoms with Crippen molar-refractivity contribution in [3.63, 3.8) is 0 Å². The molecule has 0 amide bonds. The predicted octanol–water partition coefficient (Wildman–Crippen LogP) is 5.42. The van der Waals surface area contributed by atoms with E-state index < -0.39 is 0 Å². The highest BCUT2D eigenvalue weighted by atomic mass is 35.5. The van der Waals surface area contributed by atoms with Crippen LogP contribution < -0.4 is 4.74 Å². The molecule has 0 aliphatic heterocycles. The molecule has 0 spiro atoms. The van der Waals surface area contributed by atoms with Gasteiger partial charge in [0, 0.05) is 5.56 Å². The van der Waals surface area contributed by atoms with Gasteiger partial charge in [-0.2, -0.15) is 0 Å². The van der Waals surface area contributed by atoms with E-state index in [1.54, 1.807) is 14.0 Å². The van der Waals surface area contributed by atoms with Gasteiger partial charge in [-0.25, -0.2) is 0 Å². The van der Waals surface area contributed by atoms with Gasteiger partial charge >= 0.3 is 5.97 Å². The first-order valence-electron chi connectivity index (χ1n) is 9.77. The summed E-state index contributed by atoms with van der Waals surface area (Å²) in [6.45, 7) is 4.18. The summed E-state index contributed by atoms with van der Waals surface area (Å²) < 4.78 is 12.7. The topological polar surface area (TPSA) is 66.2 Å². The molecule has 158 valence electrons. The number of methoxy groups -OCH3 is 1. The van der Waals surface area contributed by atoms with E-state index in [1.807, 2.05) is 60.0 Å². The summed E-state index contributed by atoms with van der Waals surface area (Å²) in [5, 5.41) is 9.57. The zero-order valence-corrected chi connectivity index (χ0v) is 18.7. The number of ether oxygens (including phenoxy) is 2. The highest BCUT2D eigenvalue weighted by molar-refractivity contribution is 8.00. The molecule has 8 heteroatoms. The van der Waals surface area contributed by atoms with Crippen molar-refractivity contribution in [3.8, 4) is 22.8 Å². The molecule has 6 nitrogen and oxygen atoms in total. The van der Waals surface area contributed by atoms with Crippen molar-refractivity contribution in [1.29, 1.82) is 0 Å². The van der Waals surface area contributed by atoms with Crippen molar-refractivity contribution in [2.75, 3.05) is 13.7 Å². The van der Waals surface area contributed by atoms with E-state index in [1.165, 1.54) is 11.8 Å². The number of benzene rings is 2. The third-order valence-corrected chi connectivity index (χ3v) is 5.94. The number of hydrogen-bond acceptors (Lipinski definition) is 6. The normalized spacial score (nSPS) is 11.9. The lowest BCUT2D eigenvalue weighted by Crippen LogP contribution is -2.21. The van der Waals surface area contributed by atoms with Crippen LogP contribution in [0, 0.1) is 0 Å². The monoisotopic (exact) mass is 445 g/mol. The predicted molar refractivity (Wildman–Crippen MR) is 120 cm³/mol. The second-order valence-electron chi connectivity index (χ2n) is 6.44. The number of esters is 1. The van der Waals surface area contributed by atoms with Gasteiger partial charge in [0.05, 0.1) is 24.4 Å². The van der Waals surface area contributed by atoms with Crippen LogP contribution >= 0.6 is 23.4 Å². The number of rotatable bonds is 9. The van der Waals surface area contributed by atoms with E-state index in [4.69, 9.17) is 21.1 Å². The lowest BCUT2D eigenvalue weighted by molar-refractivity contribution is -0.142. The van der Waals surface area contributed by atoms with E-state index in [0.29, 0.717) is 34.8 Å². The second-order valence-corrected chi connectivity index (χ2v) is 8.02. The van der Waals surface area contributed by atoms with Gasteiger partial charge in [0.1, 0.15) is 11.0 Å². The maximum Gasteiger partial charge on any atom is 0.319 e. The van der Waals surface area contributed by atoms with E-state index >= 15 is 0 Å². The second kappa shape index (κ2) is 10.5. The van der Waals surface area contributed by atoms with Gasteiger partial charge in [-0.05, 0) is 37.6 Å². The zero-order chi connectivity index (χ0) is 21.5. The Hall–Kier alpha value is -2.51. The zero-order valence-electron chi connectivity index (χ0n) is 17.2. The first-order valence-corrected chi connectivity index (χ1v) is 11.0. The highest BCUT2D eigenvalue weighted by Crippen LogP contribution is 2.36. The molecular formula is C22H24ClN3O3S. The Morgan fingerprint density at radius 2 is 1.87 bits per heavy atom. The molecule has 0 unspecified atom stereocenters. The first kappa shape index (κ1) is 22.2. The van der Waals surface area contributed by atoms with Crippen molar-refractivity contribution >= 4 is 29.3 Å². The molecule has 3 aromatic rings. The average molecular weight is 446 g/mol. The molecule has 0 N–H and O–H groups in total. The van der Waals surface area contributed by atoms with E-state index in [9.17, 15) is 4.79 Å². The third-order valence-electron chi connectivity index (χ3n) is 4.42. The average Bonchev–Trinajstić information content (AvgIpc) is 3.17. The minimum atomic E-state index is -0.383. The Morgan fingerprint density at radius 3 is 2.57 bits per heavy atom. The lowest BCUT2D eigenvalue weighted by Gasteiger charge is -2.17. The van der Waals surface area contributed by atoms with Gasteiger partial charge < -0.3 is 9.47 Å². The maximum atomic E-state index is 12.5. The molecule has 0 saturated carbocycles. The van der Waals surface area contributed by atoms with Gasteiger partial charge in [0.2, 0.25) is 0 Å². The molecule has 2 aromatic carbocycles. The molecule has 0 aliphatic carbocycles. The number of para-hydroxylation sites is 2. The lowest BCUT2D eigenvalue weighted by atomic mass is 10.2. The summed E-state index contributed by atoms with van der Waals surface area (Å²) >= 11 is 7.79. The van der Waals surface area contributed by atoms with Crippen LogP contribution in [0.5, 0.6) is 5.75 Å². The molecule has 0 bridgehead atoms. The standard InChI is InChI=1S/C22H24ClN3O3S/c1-4-10-19(21(27)29-5-2)30-22-25-24-20(15-11-6-7-12-16(15)23)26(22)17-13-8-9-14-18(17)28-3/h6-9,11-14,19H,4-5,10H2,1-3H3/t19-/m1/s1. The number of nitrogens with zero attached hydrogens (tertiary/aromatic N) is 3. The molecule has 0 aliphatic rings. The SMILES string of the molecule is CCC[C@@H](Sc1nnc(-c2ccccc2Cl)n1-c1ccccc1OC)C(=O)OCC. The van der Waals surface area contributed by atoms with Crippen LogP contribution in [0.25, 0.3) is 17.1 Å². The van der Waals surface area contributed by atoms with Crippen molar-refractivity contribution < 1.29 is 14.3 Å². The fraction of sp³-hybridized carbons (Fsp3) is 0.318. The summed E-state index contributed by atoms with van der Waals surface area (Å²) in [6.07, 6.45) is 1.51. The number of hydrogen-bond donors (Lipinski definition) is 0. The Balaban J connectivity index is 2.14. The van der Waals surface area contributed by atoms with E-state index in [2.05, 4.69) is 10.2 Å². The van der Waals surface area contributed by atoms with Crippen molar-refractivity contribution in [3.05, 3.63) is 53.6 Å². The smallest absolute Gasteiger partial charge is 0.319 e. The molecule has 30 heavy (non-hydrogen) atoms. The summed E-state index contributed by atoms with van der Waals surface area (Å²) in [4.78, 5) is 12.5. The fourth-order valence-electron chi connectivity index (χ4n) is 3.04. The van der Waals surface area contributed by atoms with Crippen LogP contribution in [0.3, 0.4) is 0 Å². The molecule has 0 fully saturated rings. The van der Waals surface area contributed by atoms with Crippen LogP contribution in [0.1, 0.15) is 26.7 Å². The van der Waals surface area contributed by atoms with Gasteiger partial charge in [0.15, 0.2) is 11.0 Å². The molecule has 1 aromatic heterocycles. The van der Waals surface area contributed by atoms with Gasteiger partial charge in [-0.15, -0.1) is 10.2 Å². The van der Waals surface area contributed by atoms with Crippen molar-refractivity contribution in [2.24, 2.45) is 0 Å². The molecule has 1 atom stereocenters. The Labute approximate surface area is 185 Å². The fourth-order valence-corrected chi connectivity index (χ4v) is 4.42. The molecular weight excluding hydrogens is 422 g/mol. The number of carbonyl (C=O) groups excluding carboxylic acids is 1. The Kier molecular flexibility index (Phi) is 7.76. The number of aromatic nitrogens is 3. The quantitative estimate of drug-likeness (QED) is 0.323. The largest absolute Gasteiger partial charge is 0.495 e. The van der Waals surface area contributed by atoms with E-state index in [-0.39, 0.29) is 11.2 Å². The maximum absolute atomic E-state index is 12.5. The van der Waals surface area contributed by atoms with Crippen LogP contribution in [-0.2, 0) is 9.53 Å². The van der Waals surface area contributed by atoms with Crippen LogP contribution in [-0.4, -0.2) is 39.7 Å². The minimum absolute atomic E-state index is 0.252. The van der Waals surface area contributed by atoms with Crippen LogP contribution in [0.2, 0.25) is 5.02 Å². The van der Waals surface area contributed by atoms with Crippen molar-refractivity contribution in [2.45, 2.75) is 37.1 Å². The Morgan fingerprint density at radius 1 is 1.13 bits per heavy atom. The van der Waals surface area contributed by atoms with Gasteiger partial charge in [-0.1, -0.05) is 61.0 Å². The molecule has 3 rings (SSSR count). The third kappa shape index (κ3) is 4.79. The highest BCUT2D eigenvalue weighted by Gasteiger charge is 2.26. The minimum Gasteiger partial charge on any atom is -0.495 e. The molecule has 0 radical (unpaired) electrons. The molecule has 0 saturated heterocycles. The number of thioether (sulfide) groups is 1. The summed E-state index contributed by atoms with van der Waals surface area (Å²) in [5.41, 5.74) is 1.51. The summed E-state index contributed by atoms with van der Waals surface area (Å²) in [6, 6.07) is 15.1. The first-order chi connectivity index (χ1) is 14.6. The van der Waals surface area contributed by atoms with Crippen LogP contribution in [0.15, 0.2) is 53.7 Å². The Bertz CT molecular complexity index is 1010. The number of halogens is 1. The van der Waals surface area contributed by atoms with Gasteiger partial charge in [-0.3, -0.25) is 9.36 Å². The van der Waals surface area contributed by atoms with Crippen molar-refractivity contribution in [1.82, 2.24) is 14.8 Å². The summed E-state index contributed by atoms with van der Waals surface area (Å²) in [5.74, 6) is 0.987. The van der Waals surface area contributed by atoms with E-state index in [0.717, 1.165) is 17.7 Å². The summed E-state index contributed by atoms with van der Waals surface area (Å²) in [7, 11) is 1.61. The number of carbonyl (C=O) groups is 1. The molecule has 1 heterocycles. The van der Waals surface area contributed by atoms with Gasteiger partial charge in [0.25, 0.3) is 0 Å².